The van der Waals surface area contributed by atoms with Crippen molar-refractivity contribution in [2.24, 2.45) is 0 Å². The van der Waals surface area contributed by atoms with E-state index in [2.05, 4.69) is 38.4 Å². The van der Waals surface area contributed by atoms with Crippen LogP contribution in [0.3, 0.4) is 0 Å². The summed E-state index contributed by atoms with van der Waals surface area (Å²) >= 11 is 3.30. The number of nitrogens with zero attached hydrogens (tertiary/aromatic N) is 1. The second-order valence-corrected chi connectivity index (χ2v) is 6.82. The molecule has 0 aliphatic carbocycles. The lowest BCUT2D eigenvalue weighted by atomic mass is 10.1. The minimum atomic E-state index is -0.108. The van der Waals surface area contributed by atoms with Crippen molar-refractivity contribution < 1.29 is 9.53 Å². The number of hydrogen-bond acceptors (Lipinski definition) is 3. The Kier molecular flexibility index (Phi) is 6.79. The van der Waals surface area contributed by atoms with Gasteiger partial charge in [0.2, 0.25) is 0 Å². The summed E-state index contributed by atoms with van der Waals surface area (Å²) in [6.07, 6.45) is 3.60. The maximum atomic E-state index is 12.2. The van der Waals surface area contributed by atoms with Crippen LogP contribution in [0, 0.1) is 0 Å². The second-order valence-electron chi connectivity index (χ2n) is 6.07. The average molecular weight is 391 g/mol. The van der Waals surface area contributed by atoms with E-state index in [1.54, 1.807) is 18.3 Å². The Balaban J connectivity index is 1.83. The molecule has 0 saturated heterocycles. The highest BCUT2D eigenvalue weighted by Crippen LogP contribution is 2.16. The Morgan fingerprint density at radius 2 is 1.92 bits per heavy atom. The molecule has 0 fully saturated rings. The van der Waals surface area contributed by atoms with Crippen molar-refractivity contribution in [1.29, 1.82) is 0 Å². The minimum Gasteiger partial charge on any atom is -0.491 e. The first kappa shape index (κ1) is 18.5. The molecule has 0 saturated carbocycles. The fourth-order valence-corrected chi connectivity index (χ4v) is 2.75. The molecular weight excluding hydrogens is 368 g/mol. The number of pyridine rings is 1. The molecule has 1 atom stereocenters. The largest absolute Gasteiger partial charge is 0.491 e. The number of benzene rings is 1. The predicted molar refractivity (Wildman–Crippen MR) is 99.4 cm³/mol. The molecule has 1 N–H and O–H groups in total. The van der Waals surface area contributed by atoms with Gasteiger partial charge in [0.25, 0.3) is 5.91 Å². The monoisotopic (exact) mass is 390 g/mol. The van der Waals surface area contributed by atoms with E-state index in [1.807, 2.05) is 32.9 Å². The van der Waals surface area contributed by atoms with Gasteiger partial charge in [0.15, 0.2) is 0 Å². The van der Waals surface area contributed by atoms with E-state index >= 15 is 0 Å². The number of halogens is 1. The molecule has 0 spiro atoms. The summed E-state index contributed by atoms with van der Waals surface area (Å²) in [6, 6.07) is 11.7. The molecule has 1 heterocycles. The van der Waals surface area contributed by atoms with Crippen molar-refractivity contribution in [3.63, 3.8) is 0 Å². The first-order valence-electron chi connectivity index (χ1n) is 8.12. The molecule has 0 bridgehead atoms. The molecule has 24 heavy (non-hydrogen) atoms. The molecule has 0 radical (unpaired) electrons. The molecule has 0 aliphatic rings. The molecule has 1 amide bonds. The van der Waals surface area contributed by atoms with Crippen molar-refractivity contribution in [2.75, 3.05) is 0 Å². The van der Waals surface area contributed by atoms with Gasteiger partial charge in [-0.25, -0.2) is 4.98 Å². The first-order valence-corrected chi connectivity index (χ1v) is 8.92. The lowest BCUT2D eigenvalue weighted by molar-refractivity contribution is 0.0937. The first-order chi connectivity index (χ1) is 11.5. The van der Waals surface area contributed by atoms with Crippen LogP contribution >= 0.6 is 15.9 Å². The Hall–Kier alpha value is -1.88. The SMILES string of the molecule is CC(C)Oc1ccc(CC[C@H](C)NC(=O)c2cccnc2Br)cc1. The van der Waals surface area contributed by atoms with E-state index in [-0.39, 0.29) is 18.1 Å². The van der Waals surface area contributed by atoms with Gasteiger partial charge in [-0.1, -0.05) is 12.1 Å². The van der Waals surface area contributed by atoms with E-state index in [4.69, 9.17) is 4.74 Å². The van der Waals surface area contributed by atoms with Gasteiger partial charge in [0, 0.05) is 12.2 Å². The maximum absolute atomic E-state index is 12.2. The van der Waals surface area contributed by atoms with Crippen LogP contribution in [-0.2, 0) is 6.42 Å². The van der Waals surface area contributed by atoms with Crippen LogP contribution in [0.2, 0.25) is 0 Å². The average Bonchev–Trinajstić information content (AvgIpc) is 2.54. The zero-order chi connectivity index (χ0) is 17.5. The Morgan fingerprint density at radius 3 is 2.54 bits per heavy atom. The van der Waals surface area contributed by atoms with Crippen molar-refractivity contribution in [3.05, 3.63) is 58.3 Å². The molecule has 1 aromatic heterocycles. The predicted octanol–water partition coefficient (Wildman–Crippen LogP) is 4.38. The normalized spacial score (nSPS) is 12.0. The number of ether oxygens (including phenoxy) is 1. The van der Waals surface area contributed by atoms with Crippen LogP contribution in [0.25, 0.3) is 0 Å². The van der Waals surface area contributed by atoms with Crippen LogP contribution < -0.4 is 10.1 Å². The summed E-state index contributed by atoms with van der Waals surface area (Å²) in [7, 11) is 0. The number of carbonyl (C=O) groups excluding carboxylic acids is 1. The summed E-state index contributed by atoms with van der Waals surface area (Å²) in [5, 5.41) is 3.01. The van der Waals surface area contributed by atoms with Gasteiger partial charge in [-0.2, -0.15) is 0 Å². The molecule has 128 valence electrons. The summed E-state index contributed by atoms with van der Waals surface area (Å²) in [5.74, 6) is 0.777. The van der Waals surface area contributed by atoms with Gasteiger partial charge in [-0.15, -0.1) is 0 Å². The third-order valence-corrected chi connectivity index (χ3v) is 4.17. The standard InChI is InChI=1S/C19H23BrN2O2/c1-13(2)24-16-10-8-15(9-11-16)7-6-14(3)22-19(23)17-5-4-12-21-18(17)20/h4-5,8-14H,6-7H2,1-3H3,(H,22,23)/t14-/m0/s1. The fraction of sp³-hybridized carbons (Fsp3) is 0.368. The summed E-state index contributed by atoms with van der Waals surface area (Å²) in [6.45, 7) is 6.04. The van der Waals surface area contributed by atoms with Crippen LogP contribution in [0.1, 0.15) is 43.1 Å². The number of amides is 1. The smallest absolute Gasteiger partial charge is 0.254 e. The number of hydrogen-bond donors (Lipinski definition) is 1. The van der Waals surface area contributed by atoms with Crippen molar-refractivity contribution in [2.45, 2.75) is 45.8 Å². The van der Waals surface area contributed by atoms with E-state index in [1.165, 1.54) is 5.56 Å². The summed E-state index contributed by atoms with van der Waals surface area (Å²) in [4.78, 5) is 16.3. The van der Waals surface area contributed by atoms with Gasteiger partial charge in [0.1, 0.15) is 10.4 Å². The Bertz CT molecular complexity index is 671. The topological polar surface area (TPSA) is 51.2 Å². The zero-order valence-electron chi connectivity index (χ0n) is 14.3. The molecule has 5 heteroatoms. The molecule has 2 aromatic rings. The lowest BCUT2D eigenvalue weighted by Gasteiger charge is -2.15. The van der Waals surface area contributed by atoms with Gasteiger partial charge in [-0.05, 0) is 79.4 Å². The molecular formula is C19H23BrN2O2. The minimum absolute atomic E-state index is 0.0798. The molecule has 4 nitrogen and oxygen atoms in total. The lowest BCUT2D eigenvalue weighted by Crippen LogP contribution is -2.33. The highest BCUT2D eigenvalue weighted by atomic mass is 79.9. The number of aryl methyl sites for hydroxylation is 1. The van der Waals surface area contributed by atoms with Crippen molar-refractivity contribution >= 4 is 21.8 Å². The summed E-state index contributed by atoms with van der Waals surface area (Å²) < 4.78 is 6.21. The fourth-order valence-electron chi connectivity index (χ4n) is 2.32. The highest BCUT2D eigenvalue weighted by molar-refractivity contribution is 9.10. The molecule has 1 aromatic carbocycles. The molecule has 0 unspecified atom stereocenters. The van der Waals surface area contributed by atoms with Gasteiger partial charge >= 0.3 is 0 Å². The molecule has 2 rings (SSSR count). The molecule has 0 aliphatic heterocycles. The number of rotatable bonds is 7. The number of nitrogens with one attached hydrogen (secondary N) is 1. The Morgan fingerprint density at radius 1 is 1.21 bits per heavy atom. The van der Waals surface area contributed by atoms with Gasteiger partial charge < -0.3 is 10.1 Å². The van der Waals surface area contributed by atoms with Crippen LogP contribution in [0.15, 0.2) is 47.2 Å². The quantitative estimate of drug-likeness (QED) is 0.713. The number of carbonyl (C=O) groups is 1. The van der Waals surface area contributed by atoms with Crippen LogP contribution in [0.4, 0.5) is 0 Å². The second kappa shape index (κ2) is 8.83. The van der Waals surface area contributed by atoms with E-state index in [0.29, 0.717) is 10.2 Å². The summed E-state index contributed by atoms with van der Waals surface area (Å²) in [5.41, 5.74) is 1.79. The highest BCUT2D eigenvalue weighted by Gasteiger charge is 2.13. The Labute approximate surface area is 151 Å². The van der Waals surface area contributed by atoms with E-state index < -0.39 is 0 Å². The van der Waals surface area contributed by atoms with Crippen LogP contribution in [0.5, 0.6) is 5.75 Å². The van der Waals surface area contributed by atoms with E-state index in [9.17, 15) is 4.79 Å². The van der Waals surface area contributed by atoms with Crippen molar-refractivity contribution in [3.8, 4) is 5.75 Å². The van der Waals surface area contributed by atoms with Crippen molar-refractivity contribution in [1.82, 2.24) is 10.3 Å². The third kappa shape index (κ3) is 5.64. The van der Waals surface area contributed by atoms with Gasteiger partial charge in [-0.3, -0.25) is 4.79 Å². The van der Waals surface area contributed by atoms with Gasteiger partial charge in [0.05, 0.1) is 11.7 Å². The van der Waals surface area contributed by atoms with E-state index in [0.717, 1.165) is 18.6 Å². The van der Waals surface area contributed by atoms with Crippen LogP contribution in [-0.4, -0.2) is 23.0 Å². The third-order valence-electron chi connectivity index (χ3n) is 3.54. The number of aromatic nitrogens is 1. The zero-order valence-corrected chi connectivity index (χ0v) is 15.8. The maximum Gasteiger partial charge on any atom is 0.254 e.